The highest BCUT2D eigenvalue weighted by atomic mass is 32.1. The summed E-state index contributed by atoms with van der Waals surface area (Å²) in [6, 6.07) is 15.5. The van der Waals surface area contributed by atoms with Gasteiger partial charge in [-0.15, -0.1) is 6.42 Å². The lowest BCUT2D eigenvalue weighted by Gasteiger charge is -2.20. The molecule has 0 unspecified atom stereocenters. The van der Waals surface area contributed by atoms with E-state index in [0.717, 1.165) is 29.0 Å². The van der Waals surface area contributed by atoms with Crippen LogP contribution in [-0.2, 0) is 6.54 Å². The standard InChI is InChI=1S/C21H21N3OS/c1-4-15-24-18-9-7-8-10-19(18)26-21(24)22-20(25)16-11-13-17(14-12-16)23(5-2)6-3/h1,7-14H,5-6,15H2,2-3H3. The van der Waals surface area contributed by atoms with Crippen molar-refractivity contribution in [3.8, 4) is 12.3 Å². The average molecular weight is 363 g/mol. The maximum Gasteiger partial charge on any atom is 0.279 e. The maximum atomic E-state index is 12.6. The monoisotopic (exact) mass is 363 g/mol. The van der Waals surface area contributed by atoms with Gasteiger partial charge in [0, 0.05) is 24.3 Å². The molecular weight excluding hydrogens is 342 g/mol. The first kappa shape index (κ1) is 18.0. The maximum absolute atomic E-state index is 12.6. The summed E-state index contributed by atoms with van der Waals surface area (Å²) in [5, 5.41) is 0. The highest BCUT2D eigenvalue weighted by molar-refractivity contribution is 7.16. The number of thiazole rings is 1. The van der Waals surface area contributed by atoms with E-state index in [1.54, 1.807) is 0 Å². The molecule has 0 saturated heterocycles. The lowest BCUT2D eigenvalue weighted by molar-refractivity contribution is 0.0998. The van der Waals surface area contributed by atoms with E-state index in [0.29, 0.717) is 16.9 Å². The van der Waals surface area contributed by atoms with Crippen LogP contribution in [0.1, 0.15) is 24.2 Å². The molecule has 3 rings (SSSR count). The summed E-state index contributed by atoms with van der Waals surface area (Å²) in [5.74, 6) is 2.39. The summed E-state index contributed by atoms with van der Waals surface area (Å²) in [4.78, 5) is 19.8. The number of hydrogen-bond acceptors (Lipinski definition) is 3. The van der Waals surface area contributed by atoms with Crippen molar-refractivity contribution in [3.05, 3.63) is 58.9 Å². The van der Waals surface area contributed by atoms with Crippen molar-refractivity contribution in [3.63, 3.8) is 0 Å². The molecule has 0 saturated carbocycles. The van der Waals surface area contributed by atoms with Gasteiger partial charge in [0.1, 0.15) is 0 Å². The Morgan fingerprint density at radius 2 is 1.85 bits per heavy atom. The molecule has 132 valence electrons. The fourth-order valence-electron chi connectivity index (χ4n) is 2.91. The quantitative estimate of drug-likeness (QED) is 0.644. The van der Waals surface area contributed by atoms with E-state index in [2.05, 4.69) is 29.7 Å². The molecule has 2 aromatic carbocycles. The van der Waals surface area contributed by atoms with Gasteiger partial charge in [-0.05, 0) is 50.2 Å². The largest absolute Gasteiger partial charge is 0.372 e. The third-order valence-corrected chi connectivity index (χ3v) is 5.34. The van der Waals surface area contributed by atoms with E-state index < -0.39 is 0 Å². The van der Waals surface area contributed by atoms with Crippen molar-refractivity contribution in [2.75, 3.05) is 18.0 Å². The van der Waals surface area contributed by atoms with Crippen LogP contribution < -0.4 is 9.70 Å². The molecule has 0 aliphatic carbocycles. The third kappa shape index (κ3) is 3.56. The molecule has 0 atom stereocenters. The number of terminal acetylenes is 1. The molecule has 0 bridgehead atoms. The number of benzene rings is 2. The molecule has 0 radical (unpaired) electrons. The van der Waals surface area contributed by atoms with Crippen molar-refractivity contribution < 1.29 is 4.79 Å². The first-order valence-corrected chi connectivity index (χ1v) is 9.45. The highest BCUT2D eigenvalue weighted by Gasteiger charge is 2.09. The van der Waals surface area contributed by atoms with E-state index in [9.17, 15) is 4.79 Å². The molecule has 5 heteroatoms. The van der Waals surface area contributed by atoms with Crippen LogP contribution in [-0.4, -0.2) is 23.6 Å². The normalized spacial score (nSPS) is 11.5. The van der Waals surface area contributed by atoms with Crippen molar-refractivity contribution in [1.29, 1.82) is 0 Å². The van der Waals surface area contributed by atoms with E-state index >= 15 is 0 Å². The molecule has 1 heterocycles. The van der Waals surface area contributed by atoms with E-state index in [1.165, 1.54) is 11.3 Å². The Morgan fingerprint density at radius 3 is 2.50 bits per heavy atom. The van der Waals surface area contributed by atoms with Crippen LogP contribution in [0.15, 0.2) is 53.5 Å². The Labute approximate surface area is 157 Å². The van der Waals surface area contributed by atoms with Crippen LogP contribution in [0.2, 0.25) is 0 Å². The zero-order valence-corrected chi connectivity index (χ0v) is 15.8. The summed E-state index contributed by atoms with van der Waals surface area (Å²) in [5.41, 5.74) is 2.68. The van der Waals surface area contributed by atoms with E-state index in [4.69, 9.17) is 6.42 Å². The second kappa shape index (κ2) is 8.03. The van der Waals surface area contributed by atoms with E-state index in [-0.39, 0.29) is 5.91 Å². The summed E-state index contributed by atoms with van der Waals surface area (Å²) < 4.78 is 2.97. The zero-order chi connectivity index (χ0) is 18.5. The Morgan fingerprint density at radius 1 is 1.15 bits per heavy atom. The molecule has 0 aliphatic rings. The Hall–Kier alpha value is -2.84. The van der Waals surface area contributed by atoms with Gasteiger partial charge in [0.2, 0.25) is 0 Å². The molecule has 0 N–H and O–H groups in total. The SMILES string of the molecule is C#CCn1c(=NC(=O)c2ccc(N(CC)CC)cc2)sc2ccccc21. The summed E-state index contributed by atoms with van der Waals surface area (Å²) >= 11 is 1.47. The number of carbonyl (C=O) groups excluding carboxylic acids is 1. The predicted octanol–water partition coefficient (Wildman–Crippen LogP) is 3.92. The van der Waals surface area contributed by atoms with Gasteiger partial charge in [-0.25, -0.2) is 0 Å². The number of carbonyl (C=O) groups is 1. The minimum absolute atomic E-state index is 0.256. The Balaban J connectivity index is 1.97. The summed E-state index contributed by atoms with van der Waals surface area (Å²) in [6.07, 6.45) is 5.50. The summed E-state index contributed by atoms with van der Waals surface area (Å²) in [6.45, 7) is 6.48. The molecule has 0 aliphatic heterocycles. The topological polar surface area (TPSA) is 37.6 Å². The Bertz CT molecular complexity index is 1020. The fraction of sp³-hybridized carbons (Fsp3) is 0.238. The number of amides is 1. The first-order chi connectivity index (χ1) is 12.7. The first-order valence-electron chi connectivity index (χ1n) is 8.63. The molecule has 0 fully saturated rings. The molecular formula is C21H21N3OS. The number of rotatable bonds is 5. The number of para-hydroxylation sites is 1. The van der Waals surface area contributed by atoms with Gasteiger partial charge in [-0.3, -0.25) is 4.79 Å². The van der Waals surface area contributed by atoms with Gasteiger partial charge in [0.05, 0.1) is 16.8 Å². The third-order valence-electron chi connectivity index (χ3n) is 4.28. The number of aromatic nitrogens is 1. The highest BCUT2D eigenvalue weighted by Crippen LogP contribution is 2.18. The fourth-order valence-corrected chi connectivity index (χ4v) is 3.93. The second-order valence-corrected chi connectivity index (χ2v) is 6.79. The van der Waals surface area contributed by atoms with Crippen LogP contribution in [0.4, 0.5) is 5.69 Å². The van der Waals surface area contributed by atoms with Crippen molar-refractivity contribution in [2.24, 2.45) is 4.99 Å². The molecule has 0 spiro atoms. The van der Waals surface area contributed by atoms with Crippen LogP contribution in [0.3, 0.4) is 0 Å². The van der Waals surface area contributed by atoms with Gasteiger partial charge in [0.25, 0.3) is 5.91 Å². The van der Waals surface area contributed by atoms with Crippen molar-refractivity contribution in [2.45, 2.75) is 20.4 Å². The van der Waals surface area contributed by atoms with Crippen LogP contribution in [0, 0.1) is 12.3 Å². The minimum Gasteiger partial charge on any atom is -0.372 e. The van der Waals surface area contributed by atoms with Crippen LogP contribution in [0.25, 0.3) is 10.2 Å². The predicted molar refractivity (Wildman–Crippen MR) is 109 cm³/mol. The lowest BCUT2D eigenvalue weighted by atomic mass is 10.2. The summed E-state index contributed by atoms with van der Waals surface area (Å²) in [7, 11) is 0. The molecule has 26 heavy (non-hydrogen) atoms. The Kier molecular flexibility index (Phi) is 5.55. The minimum atomic E-state index is -0.256. The van der Waals surface area contributed by atoms with Gasteiger partial charge in [-0.1, -0.05) is 29.4 Å². The molecule has 3 aromatic rings. The molecule has 1 aromatic heterocycles. The van der Waals surface area contributed by atoms with E-state index in [1.807, 2.05) is 53.1 Å². The van der Waals surface area contributed by atoms with Crippen LogP contribution in [0.5, 0.6) is 0 Å². The van der Waals surface area contributed by atoms with Gasteiger partial charge >= 0.3 is 0 Å². The number of anilines is 1. The smallest absolute Gasteiger partial charge is 0.279 e. The van der Waals surface area contributed by atoms with Crippen LogP contribution >= 0.6 is 11.3 Å². The van der Waals surface area contributed by atoms with Gasteiger partial charge in [0.15, 0.2) is 4.80 Å². The number of nitrogens with zero attached hydrogens (tertiary/aromatic N) is 3. The average Bonchev–Trinajstić information content (AvgIpc) is 3.01. The lowest BCUT2D eigenvalue weighted by Crippen LogP contribution is -2.21. The number of fused-ring (bicyclic) bond motifs is 1. The van der Waals surface area contributed by atoms with Gasteiger partial charge < -0.3 is 9.47 Å². The molecule has 1 amide bonds. The van der Waals surface area contributed by atoms with Gasteiger partial charge in [-0.2, -0.15) is 4.99 Å². The van der Waals surface area contributed by atoms with Crippen molar-refractivity contribution >= 4 is 33.1 Å². The number of hydrogen-bond donors (Lipinski definition) is 0. The second-order valence-electron chi connectivity index (χ2n) is 5.78. The van der Waals surface area contributed by atoms with Crippen molar-refractivity contribution in [1.82, 2.24) is 4.57 Å². The molecule has 4 nitrogen and oxygen atoms in total. The zero-order valence-electron chi connectivity index (χ0n) is 15.0.